The lowest BCUT2D eigenvalue weighted by molar-refractivity contribution is -0.142. The highest BCUT2D eigenvalue weighted by molar-refractivity contribution is 5.83. The Morgan fingerprint density at radius 3 is 2.87 bits per heavy atom. The predicted octanol–water partition coefficient (Wildman–Crippen LogP) is 1.30. The Balaban J connectivity index is 2.47. The quantitative estimate of drug-likeness (QED) is 0.700. The molecule has 2 N–H and O–H groups in total. The van der Waals surface area contributed by atoms with Gasteiger partial charge in [0.1, 0.15) is 5.92 Å². The summed E-state index contributed by atoms with van der Waals surface area (Å²) in [5.41, 5.74) is 7.86. The van der Waals surface area contributed by atoms with Gasteiger partial charge < -0.3 is 10.5 Å². The van der Waals surface area contributed by atoms with Gasteiger partial charge >= 0.3 is 5.97 Å². The summed E-state index contributed by atoms with van der Waals surface area (Å²) in [4.78, 5) is 11.6. The number of carbonyl (C=O) groups excluding carboxylic acids is 1. The van der Waals surface area contributed by atoms with E-state index in [0.717, 1.165) is 11.1 Å². The lowest BCUT2D eigenvalue weighted by atomic mass is 9.84. The van der Waals surface area contributed by atoms with Crippen molar-refractivity contribution in [3.8, 4) is 0 Å². The fraction of sp³-hybridized carbons (Fsp3) is 0.250. The van der Waals surface area contributed by atoms with Crippen LogP contribution in [0.1, 0.15) is 17.0 Å². The first-order chi connectivity index (χ1) is 7.24. The van der Waals surface area contributed by atoms with Crippen LogP contribution < -0.4 is 5.73 Å². The molecular weight excluding hydrogens is 190 g/mol. The molecule has 0 amide bonds. The average Bonchev–Trinajstić information content (AvgIpc) is 2.28. The molecule has 15 heavy (non-hydrogen) atoms. The first-order valence-corrected chi connectivity index (χ1v) is 4.84. The lowest BCUT2D eigenvalue weighted by Gasteiger charge is -2.24. The Labute approximate surface area is 88.5 Å². The summed E-state index contributed by atoms with van der Waals surface area (Å²) in [6.45, 7) is 0. The van der Waals surface area contributed by atoms with Crippen LogP contribution in [0.2, 0.25) is 0 Å². The summed E-state index contributed by atoms with van der Waals surface area (Å²) >= 11 is 0. The third-order valence-electron chi connectivity index (χ3n) is 2.67. The lowest BCUT2D eigenvalue weighted by Crippen LogP contribution is -2.34. The van der Waals surface area contributed by atoms with E-state index in [1.807, 2.05) is 36.4 Å². The minimum Gasteiger partial charge on any atom is -0.468 e. The third-order valence-corrected chi connectivity index (χ3v) is 2.67. The second kappa shape index (κ2) is 3.87. The molecule has 3 heteroatoms. The SMILES string of the molecule is COC(=O)[C@@H]1c2ccccc2C=C[C@@H]1N. The summed E-state index contributed by atoms with van der Waals surface area (Å²) in [6, 6.07) is 7.43. The molecule has 0 fully saturated rings. The van der Waals surface area contributed by atoms with Crippen molar-refractivity contribution < 1.29 is 9.53 Å². The number of nitrogens with two attached hydrogens (primary N) is 1. The van der Waals surface area contributed by atoms with Crippen LogP contribution in [0.5, 0.6) is 0 Å². The highest BCUT2D eigenvalue weighted by Crippen LogP contribution is 2.29. The number of rotatable bonds is 1. The molecule has 3 nitrogen and oxygen atoms in total. The maximum atomic E-state index is 11.6. The van der Waals surface area contributed by atoms with Gasteiger partial charge in [-0.15, -0.1) is 0 Å². The second-order valence-corrected chi connectivity index (χ2v) is 3.57. The summed E-state index contributed by atoms with van der Waals surface area (Å²) in [6.07, 6.45) is 3.78. The molecule has 2 rings (SSSR count). The number of fused-ring (bicyclic) bond motifs is 1. The van der Waals surface area contributed by atoms with E-state index in [4.69, 9.17) is 10.5 Å². The van der Waals surface area contributed by atoms with Crippen LogP contribution in [0.4, 0.5) is 0 Å². The smallest absolute Gasteiger partial charge is 0.315 e. The molecule has 0 bridgehead atoms. The van der Waals surface area contributed by atoms with E-state index in [1.54, 1.807) is 0 Å². The third kappa shape index (κ3) is 1.66. The molecule has 2 atom stereocenters. The molecule has 0 saturated carbocycles. The van der Waals surface area contributed by atoms with Crippen LogP contribution in [0.15, 0.2) is 30.3 Å². The second-order valence-electron chi connectivity index (χ2n) is 3.57. The number of carbonyl (C=O) groups is 1. The zero-order valence-electron chi connectivity index (χ0n) is 8.51. The van der Waals surface area contributed by atoms with Crippen LogP contribution in [-0.4, -0.2) is 19.1 Å². The van der Waals surface area contributed by atoms with Crippen molar-refractivity contribution in [1.82, 2.24) is 0 Å². The summed E-state index contributed by atoms with van der Waals surface area (Å²) in [7, 11) is 1.38. The Bertz CT molecular complexity index is 412. The van der Waals surface area contributed by atoms with E-state index in [0.29, 0.717) is 0 Å². The molecule has 0 radical (unpaired) electrons. The molecule has 0 aromatic heterocycles. The fourth-order valence-corrected chi connectivity index (χ4v) is 1.89. The average molecular weight is 203 g/mol. The van der Waals surface area contributed by atoms with E-state index < -0.39 is 0 Å². The normalized spacial score (nSPS) is 23.3. The monoisotopic (exact) mass is 203 g/mol. The molecule has 0 unspecified atom stereocenters. The van der Waals surface area contributed by atoms with Crippen molar-refractivity contribution in [3.05, 3.63) is 41.5 Å². The Morgan fingerprint density at radius 2 is 2.13 bits per heavy atom. The topological polar surface area (TPSA) is 52.3 Å². The number of ether oxygens (including phenoxy) is 1. The Kier molecular flexibility index (Phi) is 2.56. The van der Waals surface area contributed by atoms with Gasteiger partial charge in [0.2, 0.25) is 0 Å². The molecule has 0 saturated heterocycles. The van der Waals surface area contributed by atoms with Crippen molar-refractivity contribution in [3.63, 3.8) is 0 Å². The van der Waals surface area contributed by atoms with Gasteiger partial charge in [-0.3, -0.25) is 4.79 Å². The van der Waals surface area contributed by atoms with Crippen molar-refractivity contribution in [2.75, 3.05) is 7.11 Å². The van der Waals surface area contributed by atoms with Crippen LogP contribution in [0, 0.1) is 0 Å². The molecule has 1 aromatic carbocycles. The van der Waals surface area contributed by atoms with E-state index in [9.17, 15) is 4.79 Å². The van der Waals surface area contributed by atoms with Gasteiger partial charge in [-0.25, -0.2) is 0 Å². The van der Waals surface area contributed by atoms with Gasteiger partial charge in [0.05, 0.1) is 7.11 Å². The largest absolute Gasteiger partial charge is 0.468 e. The van der Waals surface area contributed by atoms with Crippen LogP contribution >= 0.6 is 0 Å². The van der Waals surface area contributed by atoms with Gasteiger partial charge in [-0.05, 0) is 11.1 Å². The molecule has 78 valence electrons. The van der Waals surface area contributed by atoms with E-state index >= 15 is 0 Å². The molecule has 0 spiro atoms. The fourth-order valence-electron chi connectivity index (χ4n) is 1.89. The molecule has 1 aromatic rings. The zero-order chi connectivity index (χ0) is 10.8. The van der Waals surface area contributed by atoms with Gasteiger partial charge in [-0.2, -0.15) is 0 Å². The zero-order valence-corrected chi connectivity index (χ0v) is 8.51. The number of benzene rings is 1. The number of methoxy groups -OCH3 is 1. The van der Waals surface area contributed by atoms with Gasteiger partial charge in [0, 0.05) is 6.04 Å². The van der Waals surface area contributed by atoms with Crippen molar-refractivity contribution >= 4 is 12.0 Å². The van der Waals surface area contributed by atoms with Crippen molar-refractivity contribution in [2.45, 2.75) is 12.0 Å². The molecule has 0 heterocycles. The number of hydrogen-bond acceptors (Lipinski definition) is 3. The maximum Gasteiger partial charge on any atom is 0.315 e. The van der Waals surface area contributed by atoms with Crippen LogP contribution in [0.25, 0.3) is 6.08 Å². The minimum absolute atomic E-state index is 0.278. The first kappa shape index (κ1) is 9.93. The molecule has 0 aliphatic heterocycles. The number of esters is 1. The minimum atomic E-state index is -0.379. The van der Waals surface area contributed by atoms with Gasteiger partial charge in [0.15, 0.2) is 0 Å². The van der Waals surface area contributed by atoms with Crippen molar-refractivity contribution in [2.24, 2.45) is 5.73 Å². The highest BCUT2D eigenvalue weighted by atomic mass is 16.5. The summed E-state index contributed by atoms with van der Waals surface area (Å²) < 4.78 is 4.76. The predicted molar refractivity (Wildman–Crippen MR) is 58.2 cm³/mol. The molecular formula is C12H13NO2. The summed E-state index contributed by atoms with van der Waals surface area (Å²) in [5, 5.41) is 0. The molecule has 1 aliphatic carbocycles. The first-order valence-electron chi connectivity index (χ1n) is 4.84. The Morgan fingerprint density at radius 1 is 1.40 bits per heavy atom. The highest BCUT2D eigenvalue weighted by Gasteiger charge is 2.30. The Hall–Kier alpha value is -1.61. The summed E-state index contributed by atoms with van der Waals surface area (Å²) in [5.74, 6) is -0.657. The van der Waals surface area contributed by atoms with Gasteiger partial charge in [0.25, 0.3) is 0 Å². The van der Waals surface area contributed by atoms with Gasteiger partial charge in [-0.1, -0.05) is 36.4 Å². The standard InChI is InChI=1S/C12H13NO2/c1-15-12(14)11-9-5-3-2-4-8(9)6-7-10(11)13/h2-7,10-11H,13H2,1H3/t10-,11+/m0/s1. The van der Waals surface area contributed by atoms with E-state index in [1.165, 1.54) is 7.11 Å². The van der Waals surface area contributed by atoms with E-state index in [2.05, 4.69) is 0 Å². The number of hydrogen-bond donors (Lipinski definition) is 1. The van der Waals surface area contributed by atoms with Crippen molar-refractivity contribution in [1.29, 1.82) is 0 Å². The molecule has 1 aliphatic rings. The maximum absolute atomic E-state index is 11.6. The van der Waals surface area contributed by atoms with Crippen LogP contribution in [-0.2, 0) is 9.53 Å². The van der Waals surface area contributed by atoms with E-state index in [-0.39, 0.29) is 17.9 Å². The van der Waals surface area contributed by atoms with Crippen LogP contribution in [0.3, 0.4) is 0 Å².